The second-order valence-electron chi connectivity index (χ2n) is 6.64. The molecule has 0 radical (unpaired) electrons. The second kappa shape index (κ2) is 12.8. The lowest BCUT2D eigenvalue weighted by Crippen LogP contribution is -2.46. The molecule has 0 aromatic carbocycles. The van der Waals surface area contributed by atoms with Gasteiger partial charge in [0.1, 0.15) is 0 Å². The largest absolute Gasteiger partial charge is 0.357 e. The fourth-order valence-corrected chi connectivity index (χ4v) is 4.66. The van der Waals surface area contributed by atoms with Crippen LogP contribution in [0.5, 0.6) is 0 Å². The molecule has 2 N–H and O–H groups in total. The van der Waals surface area contributed by atoms with E-state index in [0.717, 1.165) is 17.8 Å². The quantitative estimate of drug-likeness (QED) is 0.246. The van der Waals surface area contributed by atoms with E-state index in [4.69, 9.17) is 0 Å². The number of piperidine rings is 1. The Morgan fingerprint density at radius 1 is 1.19 bits per heavy atom. The molecule has 0 spiro atoms. The van der Waals surface area contributed by atoms with Gasteiger partial charge in [-0.15, -0.1) is 24.0 Å². The SMILES string of the molecule is CCNC(=NCCN1C(=O)CCCC1=O)NC1CCCC(SCC)C1.I. The minimum Gasteiger partial charge on any atom is -0.357 e. The lowest BCUT2D eigenvalue weighted by Gasteiger charge is -2.30. The number of thioether (sulfide) groups is 1. The van der Waals surface area contributed by atoms with Crippen molar-refractivity contribution in [2.75, 3.05) is 25.4 Å². The molecule has 1 saturated heterocycles. The molecular weight excluding hydrogens is 463 g/mol. The first-order valence-electron chi connectivity index (χ1n) is 9.63. The summed E-state index contributed by atoms with van der Waals surface area (Å²) in [5, 5.41) is 7.56. The Morgan fingerprint density at radius 3 is 2.58 bits per heavy atom. The zero-order valence-electron chi connectivity index (χ0n) is 16.0. The number of hydrogen-bond acceptors (Lipinski definition) is 4. The first-order chi connectivity index (χ1) is 12.1. The molecule has 26 heavy (non-hydrogen) atoms. The molecule has 1 aliphatic heterocycles. The Kier molecular flexibility index (Phi) is 11.6. The fraction of sp³-hybridized carbons (Fsp3) is 0.833. The summed E-state index contributed by atoms with van der Waals surface area (Å²) in [7, 11) is 0. The van der Waals surface area contributed by atoms with Crippen LogP contribution in [0.4, 0.5) is 0 Å². The number of carbonyl (C=O) groups excluding carboxylic acids is 2. The molecule has 0 bridgehead atoms. The number of nitrogens with one attached hydrogen (secondary N) is 2. The molecule has 2 unspecified atom stereocenters. The predicted molar refractivity (Wildman–Crippen MR) is 119 cm³/mol. The first-order valence-corrected chi connectivity index (χ1v) is 10.7. The second-order valence-corrected chi connectivity index (χ2v) is 8.22. The summed E-state index contributed by atoms with van der Waals surface area (Å²) in [6, 6.07) is 0.453. The molecule has 2 atom stereocenters. The third-order valence-electron chi connectivity index (χ3n) is 4.69. The van der Waals surface area contributed by atoms with Gasteiger partial charge in [-0.2, -0.15) is 11.8 Å². The molecule has 150 valence electrons. The molecule has 0 aromatic heterocycles. The van der Waals surface area contributed by atoms with Crippen molar-refractivity contribution in [3.05, 3.63) is 0 Å². The van der Waals surface area contributed by atoms with Crippen LogP contribution in [0.15, 0.2) is 4.99 Å². The van der Waals surface area contributed by atoms with E-state index in [-0.39, 0.29) is 35.8 Å². The average Bonchev–Trinajstić information content (AvgIpc) is 2.58. The molecule has 2 amide bonds. The minimum atomic E-state index is -0.0591. The number of imide groups is 1. The highest BCUT2D eigenvalue weighted by molar-refractivity contribution is 14.0. The van der Waals surface area contributed by atoms with E-state index >= 15 is 0 Å². The van der Waals surface area contributed by atoms with Crippen molar-refractivity contribution >= 4 is 53.5 Å². The minimum absolute atomic E-state index is 0. The normalized spacial score (nSPS) is 24.2. The predicted octanol–water partition coefficient (Wildman–Crippen LogP) is 2.76. The molecular formula is C18H33IN4O2S. The van der Waals surface area contributed by atoms with Crippen LogP contribution in [-0.4, -0.2) is 59.4 Å². The van der Waals surface area contributed by atoms with Gasteiger partial charge in [0.15, 0.2) is 5.96 Å². The van der Waals surface area contributed by atoms with Crippen molar-refractivity contribution < 1.29 is 9.59 Å². The molecule has 0 aromatic rings. The average molecular weight is 496 g/mol. The molecule has 6 nitrogen and oxygen atoms in total. The number of guanidine groups is 1. The number of halogens is 1. The number of likely N-dealkylation sites (tertiary alicyclic amines) is 1. The number of rotatable bonds is 7. The highest BCUT2D eigenvalue weighted by Gasteiger charge is 2.25. The van der Waals surface area contributed by atoms with Crippen LogP contribution < -0.4 is 10.6 Å². The molecule has 2 rings (SSSR count). The van der Waals surface area contributed by atoms with E-state index < -0.39 is 0 Å². The van der Waals surface area contributed by atoms with Crippen LogP contribution in [0.2, 0.25) is 0 Å². The number of amides is 2. The van der Waals surface area contributed by atoms with Gasteiger partial charge >= 0.3 is 0 Å². The third-order valence-corrected chi connectivity index (χ3v) is 5.92. The number of carbonyl (C=O) groups is 2. The van der Waals surface area contributed by atoms with Crippen molar-refractivity contribution in [1.82, 2.24) is 15.5 Å². The van der Waals surface area contributed by atoms with Crippen LogP contribution in [-0.2, 0) is 9.59 Å². The maximum atomic E-state index is 11.8. The number of aliphatic imine (C=N–C) groups is 1. The van der Waals surface area contributed by atoms with E-state index in [1.165, 1.54) is 36.3 Å². The Morgan fingerprint density at radius 2 is 1.92 bits per heavy atom. The summed E-state index contributed by atoms with van der Waals surface area (Å²) in [4.78, 5) is 29.6. The zero-order valence-corrected chi connectivity index (χ0v) is 19.1. The highest BCUT2D eigenvalue weighted by atomic mass is 127. The summed E-state index contributed by atoms with van der Waals surface area (Å²) < 4.78 is 0. The van der Waals surface area contributed by atoms with Crippen LogP contribution in [0.3, 0.4) is 0 Å². The van der Waals surface area contributed by atoms with Crippen LogP contribution in [0, 0.1) is 0 Å². The fourth-order valence-electron chi connectivity index (χ4n) is 3.49. The monoisotopic (exact) mass is 496 g/mol. The van der Waals surface area contributed by atoms with Crippen molar-refractivity contribution in [2.24, 2.45) is 4.99 Å². The smallest absolute Gasteiger partial charge is 0.229 e. The van der Waals surface area contributed by atoms with Gasteiger partial charge in [-0.1, -0.05) is 13.3 Å². The molecule has 8 heteroatoms. The van der Waals surface area contributed by atoms with Crippen LogP contribution >= 0.6 is 35.7 Å². The van der Waals surface area contributed by atoms with Gasteiger partial charge < -0.3 is 10.6 Å². The lowest BCUT2D eigenvalue weighted by molar-refractivity contribution is -0.147. The summed E-state index contributed by atoms with van der Waals surface area (Å²) in [5.74, 6) is 1.85. The zero-order chi connectivity index (χ0) is 18.1. The standard InChI is InChI=1S/C18H32N4O2S.HI/c1-3-19-18(21-14-7-5-8-15(13-14)25-4-2)20-11-12-22-16(23)9-6-10-17(22)24;/h14-15H,3-13H2,1-2H3,(H2,19,20,21);1H. The summed E-state index contributed by atoms with van der Waals surface area (Å²) >= 11 is 2.05. The topological polar surface area (TPSA) is 73.8 Å². The Balaban J connectivity index is 0.00000338. The maximum Gasteiger partial charge on any atom is 0.229 e. The van der Waals surface area contributed by atoms with Gasteiger partial charge in [0.05, 0.1) is 6.54 Å². The third kappa shape index (κ3) is 7.62. The van der Waals surface area contributed by atoms with Gasteiger partial charge in [0.25, 0.3) is 0 Å². The van der Waals surface area contributed by atoms with Crippen molar-refractivity contribution in [3.8, 4) is 0 Å². The highest BCUT2D eigenvalue weighted by Crippen LogP contribution is 2.28. The molecule has 1 saturated carbocycles. The van der Waals surface area contributed by atoms with Crippen molar-refractivity contribution in [1.29, 1.82) is 0 Å². The van der Waals surface area contributed by atoms with Gasteiger partial charge in [-0.3, -0.25) is 19.5 Å². The molecule has 1 heterocycles. The first kappa shape index (κ1) is 23.5. The van der Waals surface area contributed by atoms with E-state index in [2.05, 4.69) is 34.3 Å². The van der Waals surface area contributed by atoms with Gasteiger partial charge in [-0.05, 0) is 38.4 Å². The Labute approximate surface area is 178 Å². The maximum absolute atomic E-state index is 11.8. The van der Waals surface area contributed by atoms with Gasteiger partial charge in [0, 0.05) is 37.2 Å². The molecule has 1 aliphatic carbocycles. The lowest BCUT2D eigenvalue weighted by atomic mass is 9.95. The van der Waals surface area contributed by atoms with Crippen LogP contribution in [0.1, 0.15) is 58.8 Å². The number of hydrogen-bond donors (Lipinski definition) is 2. The van der Waals surface area contributed by atoms with Crippen molar-refractivity contribution in [3.63, 3.8) is 0 Å². The summed E-state index contributed by atoms with van der Waals surface area (Å²) in [6.45, 7) is 5.90. The van der Waals surface area contributed by atoms with Gasteiger partial charge in [-0.25, -0.2) is 0 Å². The van der Waals surface area contributed by atoms with E-state index in [9.17, 15) is 9.59 Å². The van der Waals surface area contributed by atoms with E-state index in [0.29, 0.717) is 38.4 Å². The Hall–Kier alpha value is -0.510. The van der Waals surface area contributed by atoms with Crippen LogP contribution in [0.25, 0.3) is 0 Å². The van der Waals surface area contributed by atoms with E-state index in [1.54, 1.807) is 0 Å². The molecule has 2 aliphatic rings. The summed E-state index contributed by atoms with van der Waals surface area (Å²) in [6.07, 6.45) is 6.55. The van der Waals surface area contributed by atoms with Gasteiger partial charge in [0.2, 0.25) is 11.8 Å². The van der Waals surface area contributed by atoms with E-state index in [1.807, 2.05) is 6.92 Å². The summed E-state index contributed by atoms with van der Waals surface area (Å²) in [5.41, 5.74) is 0. The van der Waals surface area contributed by atoms with Crippen molar-refractivity contribution in [2.45, 2.75) is 70.1 Å². The number of nitrogens with zero attached hydrogens (tertiary/aromatic N) is 2. The Bertz CT molecular complexity index is 472. The molecule has 2 fully saturated rings.